The van der Waals surface area contributed by atoms with E-state index in [1.54, 1.807) is 0 Å². The van der Waals surface area contributed by atoms with Crippen LogP contribution in [0.25, 0.3) is 0 Å². The summed E-state index contributed by atoms with van der Waals surface area (Å²) in [5.74, 6) is -1.64. The molecule has 0 saturated heterocycles. The van der Waals surface area contributed by atoms with E-state index in [9.17, 15) is 19.2 Å². The zero-order chi connectivity index (χ0) is 17.4. The molecule has 132 valence electrons. The molecule has 0 amide bonds. The van der Waals surface area contributed by atoms with Gasteiger partial charge in [-0.2, -0.15) is 0 Å². The summed E-state index contributed by atoms with van der Waals surface area (Å²) in [6.45, 7) is 7.47. The molecule has 0 unspecified atom stereocenters. The van der Waals surface area contributed by atoms with Crippen LogP contribution in [0, 0.1) is 0 Å². The standard InChI is InChI=1S/2C8H14O3.Ti/c2*1-3-5-7(9)11-8(10)6-4-2;/h2*3-6H2,1-2H3;. The van der Waals surface area contributed by atoms with E-state index in [4.69, 9.17) is 0 Å². The van der Waals surface area contributed by atoms with Crippen LogP contribution >= 0.6 is 0 Å². The zero-order valence-corrected chi connectivity index (χ0v) is 16.2. The van der Waals surface area contributed by atoms with Gasteiger partial charge in [-0.1, -0.05) is 27.7 Å². The molecule has 0 bridgehead atoms. The fourth-order valence-corrected chi connectivity index (χ4v) is 1.27. The Kier molecular flexibility index (Phi) is 22.2. The first-order chi connectivity index (χ1) is 10.4. The number of rotatable bonds is 8. The van der Waals surface area contributed by atoms with Crippen LogP contribution in [-0.4, -0.2) is 23.9 Å². The molecule has 23 heavy (non-hydrogen) atoms. The molecular formula is C16H28O6Ti. The van der Waals surface area contributed by atoms with E-state index in [0.717, 1.165) is 25.7 Å². The van der Waals surface area contributed by atoms with Gasteiger partial charge in [0.1, 0.15) is 0 Å². The summed E-state index contributed by atoms with van der Waals surface area (Å²) in [7, 11) is 0. The first-order valence-corrected chi connectivity index (χ1v) is 7.88. The van der Waals surface area contributed by atoms with E-state index in [1.165, 1.54) is 0 Å². The van der Waals surface area contributed by atoms with E-state index in [0.29, 0.717) is 25.7 Å². The minimum Gasteiger partial charge on any atom is -0.393 e. The van der Waals surface area contributed by atoms with Crippen LogP contribution in [-0.2, 0) is 50.4 Å². The van der Waals surface area contributed by atoms with Crippen LogP contribution in [0.1, 0.15) is 79.1 Å². The normalized spacial score (nSPS) is 8.87. The largest absolute Gasteiger partial charge is 0.393 e. The predicted octanol–water partition coefficient (Wildman–Crippen LogP) is 3.31. The first kappa shape index (κ1) is 26.9. The molecule has 0 aliphatic rings. The van der Waals surface area contributed by atoms with Crippen molar-refractivity contribution < 1.29 is 50.4 Å². The molecule has 0 rings (SSSR count). The topological polar surface area (TPSA) is 86.7 Å². The van der Waals surface area contributed by atoms with Gasteiger partial charge in [0, 0.05) is 47.4 Å². The number of esters is 4. The molecule has 0 spiro atoms. The number of hydrogen-bond acceptors (Lipinski definition) is 6. The third-order valence-corrected chi connectivity index (χ3v) is 2.27. The van der Waals surface area contributed by atoms with Crippen molar-refractivity contribution in [2.75, 3.05) is 0 Å². The predicted molar refractivity (Wildman–Crippen MR) is 81.8 cm³/mol. The molecule has 0 fully saturated rings. The summed E-state index contributed by atoms with van der Waals surface area (Å²) in [5.41, 5.74) is 0. The van der Waals surface area contributed by atoms with Crippen LogP contribution in [0.2, 0.25) is 0 Å². The molecule has 7 heteroatoms. The van der Waals surface area contributed by atoms with Gasteiger partial charge in [-0.05, 0) is 25.7 Å². The average Bonchev–Trinajstić information content (AvgIpc) is 2.40. The molecule has 6 nitrogen and oxygen atoms in total. The van der Waals surface area contributed by atoms with Crippen molar-refractivity contribution in [2.24, 2.45) is 0 Å². The Balaban J connectivity index is -0.000000333. The molecule has 0 atom stereocenters. The van der Waals surface area contributed by atoms with Crippen LogP contribution < -0.4 is 0 Å². The minimum absolute atomic E-state index is 0. The van der Waals surface area contributed by atoms with E-state index >= 15 is 0 Å². The first-order valence-electron chi connectivity index (χ1n) is 7.88. The van der Waals surface area contributed by atoms with E-state index in [1.807, 2.05) is 27.7 Å². The number of hydrogen-bond donors (Lipinski definition) is 0. The van der Waals surface area contributed by atoms with Gasteiger partial charge in [0.25, 0.3) is 0 Å². The van der Waals surface area contributed by atoms with Crippen molar-refractivity contribution in [3.63, 3.8) is 0 Å². The second kappa shape index (κ2) is 19.0. The minimum atomic E-state index is -0.411. The van der Waals surface area contributed by atoms with Gasteiger partial charge in [0.05, 0.1) is 0 Å². The average molecular weight is 364 g/mol. The Morgan fingerprint density at radius 1 is 0.522 bits per heavy atom. The summed E-state index contributed by atoms with van der Waals surface area (Å²) >= 11 is 0. The van der Waals surface area contributed by atoms with E-state index in [-0.39, 0.29) is 21.7 Å². The second-order valence-corrected chi connectivity index (χ2v) is 4.69. The van der Waals surface area contributed by atoms with Crippen LogP contribution in [0.15, 0.2) is 0 Å². The quantitative estimate of drug-likeness (QED) is 0.373. The van der Waals surface area contributed by atoms with Gasteiger partial charge in [-0.15, -0.1) is 0 Å². The molecule has 0 aliphatic carbocycles. The van der Waals surface area contributed by atoms with Crippen molar-refractivity contribution >= 4 is 23.9 Å². The van der Waals surface area contributed by atoms with Crippen molar-refractivity contribution in [1.29, 1.82) is 0 Å². The molecular weight excluding hydrogens is 336 g/mol. The maximum absolute atomic E-state index is 10.7. The monoisotopic (exact) mass is 364 g/mol. The fourth-order valence-electron chi connectivity index (χ4n) is 1.27. The summed E-state index contributed by atoms with van der Waals surface area (Å²) in [6.07, 6.45) is 4.20. The van der Waals surface area contributed by atoms with Crippen LogP contribution in [0.4, 0.5) is 0 Å². The van der Waals surface area contributed by atoms with Gasteiger partial charge in [0.15, 0.2) is 0 Å². The number of ether oxygens (including phenoxy) is 2. The van der Waals surface area contributed by atoms with Crippen LogP contribution in [0.5, 0.6) is 0 Å². The van der Waals surface area contributed by atoms with E-state index in [2.05, 4.69) is 9.47 Å². The number of carbonyl (C=O) groups is 4. The third kappa shape index (κ3) is 21.0. The fraction of sp³-hybridized carbons (Fsp3) is 0.750. The molecule has 0 aromatic rings. The van der Waals surface area contributed by atoms with Gasteiger partial charge in [0.2, 0.25) is 0 Å². The van der Waals surface area contributed by atoms with Crippen molar-refractivity contribution in [3.8, 4) is 0 Å². The molecule has 0 N–H and O–H groups in total. The maximum atomic E-state index is 10.7. The molecule has 0 heterocycles. The summed E-state index contributed by atoms with van der Waals surface area (Å²) in [6, 6.07) is 0. The molecule has 0 aromatic heterocycles. The van der Waals surface area contributed by atoms with Gasteiger partial charge in [-0.3, -0.25) is 19.2 Å². The Labute approximate surface area is 153 Å². The van der Waals surface area contributed by atoms with Crippen molar-refractivity contribution in [2.45, 2.75) is 79.1 Å². The Morgan fingerprint density at radius 3 is 0.826 bits per heavy atom. The molecule has 0 aromatic carbocycles. The Bertz CT molecular complexity index is 288. The smallest absolute Gasteiger partial charge is 0.313 e. The molecule has 0 radical (unpaired) electrons. The molecule has 0 aliphatic heterocycles. The third-order valence-electron chi connectivity index (χ3n) is 2.27. The summed E-state index contributed by atoms with van der Waals surface area (Å²) in [5, 5.41) is 0. The number of carbonyl (C=O) groups excluding carboxylic acids is 4. The Morgan fingerprint density at radius 2 is 0.696 bits per heavy atom. The van der Waals surface area contributed by atoms with Gasteiger partial charge in [-0.25, -0.2) is 0 Å². The van der Waals surface area contributed by atoms with Gasteiger partial charge < -0.3 is 9.47 Å². The second-order valence-electron chi connectivity index (χ2n) is 4.69. The summed E-state index contributed by atoms with van der Waals surface area (Å²) < 4.78 is 8.91. The maximum Gasteiger partial charge on any atom is 0.313 e. The van der Waals surface area contributed by atoms with E-state index < -0.39 is 23.9 Å². The van der Waals surface area contributed by atoms with Crippen molar-refractivity contribution in [3.05, 3.63) is 0 Å². The molecule has 0 saturated carbocycles. The Hall–Kier alpha value is -1.01. The van der Waals surface area contributed by atoms with Crippen LogP contribution in [0.3, 0.4) is 0 Å². The summed E-state index contributed by atoms with van der Waals surface area (Å²) in [4.78, 5) is 42.7. The SMILES string of the molecule is CCCC(=O)OC(=O)CCC.CCCC(=O)OC(=O)CCC.[Ti]. The van der Waals surface area contributed by atoms with Crippen molar-refractivity contribution in [1.82, 2.24) is 0 Å². The van der Waals surface area contributed by atoms with Gasteiger partial charge >= 0.3 is 23.9 Å². The zero-order valence-electron chi connectivity index (χ0n) is 14.6.